The quantitative estimate of drug-likeness (QED) is 0.711. The van der Waals surface area contributed by atoms with Crippen molar-refractivity contribution < 1.29 is 0 Å². The van der Waals surface area contributed by atoms with E-state index in [0.717, 1.165) is 16.6 Å². The number of benzene rings is 1. The van der Waals surface area contributed by atoms with Crippen molar-refractivity contribution in [2.75, 3.05) is 0 Å². The number of aromatic amines is 2. The minimum Gasteiger partial charge on any atom is -0.306 e. The number of aromatic nitrogens is 2. The van der Waals surface area contributed by atoms with Gasteiger partial charge in [-0.25, -0.2) is 4.79 Å². The second-order valence-corrected chi connectivity index (χ2v) is 3.69. The van der Waals surface area contributed by atoms with Gasteiger partial charge in [-0.3, -0.25) is 5.32 Å². The third kappa shape index (κ3) is 2.12. The molecule has 1 aromatic heterocycles. The molecule has 0 aliphatic carbocycles. The van der Waals surface area contributed by atoms with E-state index in [1.807, 2.05) is 18.2 Å². The average molecular weight is 216 g/mol. The van der Waals surface area contributed by atoms with Crippen LogP contribution in [0.1, 0.15) is 12.5 Å². The molecule has 2 rings (SSSR count). The molecule has 1 unspecified atom stereocenters. The lowest BCUT2D eigenvalue weighted by atomic mass is 10.2. The Kier molecular flexibility index (Phi) is 2.75. The largest absolute Gasteiger partial charge is 0.323 e. The van der Waals surface area contributed by atoms with Crippen molar-refractivity contribution in [2.24, 2.45) is 0 Å². The fourth-order valence-electron chi connectivity index (χ4n) is 1.51. The highest BCUT2D eigenvalue weighted by Gasteiger charge is 2.01. The Hall–Kier alpha value is -2.06. The van der Waals surface area contributed by atoms with E-state index in [1.165, 1.54) is 0 Å². The second kappa shape index (κ2) is 4.21. The summed E-state index contributed by atoms with van der Waals surface area (Å²) in [7, 11) is 0. The van der Waals surface area contributed by atoms with Crippen LogP contribution in [0.3, 0.4) is 0 Å². The molecule has 5 nitrogen and oxygen atoms in total. The van der Waals surface area contributed by atoms with E-state index in [2.05, 4.69) is 21.4 Å². The number of imidazole rings is 1. The minimum absolute atomic E-state index is 0.180. The molecule has 0 saturated carbocycles. The van der Waals surface area contributed by atoms with Gasteiger partial charge in [0.2, 0.25) is 0 Å². The van der Waals surface area contributed by atoms with Gasteiger partial charge in [0.05, 0.1) is 23.1 Å². The number of hydrogen-bond acceptors (Lipinski definition) is 3. The topological polar surface area (TPSA) is 84.5 Å². The van der Waals surface area contributed by atoms with E-state index in [9.17, 15) is 4.79 Å². The maximum atomic E-state index is 11.0. The molecule has 3 N–H and O–H groups in total. The summed E-state index contributed by atoms with van der Waals surface area (Å²) in [5.74, 6) is 0. The predicted octanol–water partition coefficient (Wildman–Crippen LogP) is 0.858. The van der Waals surface area contributed by atoms with Gasteiger partial charge in [0, 0.05) is 6.54 Å². The van der Waals surface area contributed by atoms with Crippen molar-refractivity contribution in [3.8, 4) is 6.07 Å². The molecule has 0 aliphatic heterocycles. The highest BCUT2D eigenvalue weighted by molar-refractivity contribution is 5.74. The van der Waals surface area contributed by atoms with Crippen LogP contribution in [0.4, 0.5) is 0 Å². The fraction of sp³-hybridized carbons (Fsp3) is 0.273. The van der Waals surface area contributed by atoms with E-state index >= 15 is 0 Å². The number of nitriles is 1. The summed E-state index contributed by atoms with van der Waals surface area (Å²) in [5.41, 5.74) is 2.41. The Labute approximate surface area is 92.1 Å². The van der Waals surface area contributed by atoms with Crippen LogP contribution in [0.25, 0.3) is 11.0 Å². The highest BCUT2D eigenvalue weighted by Crippen LogP contribution is 2.09. The van der Waals surface area contributed by atoms with Crippen molar-refractivity contribution in [3.05, 3.63) is 34.2 Å². The lowest BCUT2D eigenvalue weighted by molar-refractivity contribution is 0.642. The molecule has 82 valence electrons. The van der Waals surface area contributed by atoms with Gasteiger partial charge in [0.15, 0.2) is 0 Å². The molecule has 1 aromatic carbocycles. The number of fused-ring (bicyclic) bond motifs is 1. The summed E-state index contributed by atoms with van der Waals surface area (Å²) >= 11 is 0. The predicted molar refractivity (Wildman–Crippen MR) is 60.8 cm³/mol. The van der Waals surface area contributed by atoms with Gasteiger partial charge in [-0.2, -0.15) is 5.26 Å². The Balaban J connectivity index is 2.20. The van der Waals surface area contributed by atoms with Crippen molar-refractivity contribution in [2.45, 2.75) is 19.5 Å². The number of H-pyrrole nitrogens is 2. The molecule has 1 atom stereocenters. The van der Waals surface area contributed by atoms with Crippen LogP contribution < -0.4 is 11.0 Å². The van der Waals surface area contributed by atoms with Crippen LogP contribution >= 0.6 is 0 Å². The molecule has 0 saturated heterocycles. The van der Waals surface area contributed by atoms with Crippen LogP contribution in [0.15, 0.2) is 23.0 Å². The molecule has 2 aromatic rings. The molecule has 0 radical (unpaired) electrons. The average Bonchev–Trinajstić information content (AvgIpc) is 2.65. The van der Waals surface area contributed by atoms with E-state index in [1.54, 1.807) is 6.92 Å². The Bertz CT molecular complexity index is 590. The first-order valence-corrected chi connectivity index (χ1v) is 5.03. The standard InChI is InChI=1S/C11H12N4O/c1-7(5-12)13-6-8-2-3-9-10(4-8)15-11(16)14-9/h2-4,7,13H,6H2,1H3,(H2,14,15,16). The molecule has 1 heterocycles. The molecule has 0 spiro atoms. The number of nitrogens with zero attached hydrogens (tertiary/aromatic N) is 1. The minimum atomic E-state index is -0.203. The number of rotatable bonds is 3. The number of nitrogens with one attached hydrogen (secondary N) is 3. The maximum Gasteiger partial charge on any atom is 0.323 e. The Morgan fingerprint density at radius 2 is 2.19 bits per heavy atom. The van der Waals surface area contributed by atoms with Crippen LogP contribution in [-0.2, 0) is 6.54 Å². The smallest absolute Gasteiger partial charge is 0.306 e. The first kappa shape index (κ1) is 10.5. The molecular weight excluding hydrogens is 204 g/mol. The zero-order valence-electron chi connectivity index (χ0n) is 8.87. The summed E-state index contributed by atoms with van der Waals surface area (Å²) in [6.07, 6.45) is 0. The lowest BCUT2D eigenvalue weighted by Gasteiger charge is -2.05. The maximum absolute atomic E-state index is 11.0. The van der Waals surface area contributed by atoms with Gasteiger partial charge in [-0.1, -0.05) is 6.07 Å². The molecule has 0 amide bonds. The van der Waals surface area contributed by atoms with Gasteiger partial charge >= 0.3 is 5.69 Å². The van der Waals surface area contributed by atoms with E-state index in [0.29, 0.717) is 6.54 Å². The van der Waals surface area contributed by atoms with Crippen molar-refractivity contribution in [3.63, 3.8) is 0 Å². The molecule has 5 heteroatoms. The molecule has 0 bridgehead atoms. The van der Waals surface area contributed by atoms with Gasteiger partial charge in [-0.15, -0.1) is 0 Å². The summed E-state index contributed by atoms with van der Waals surface area (Å²) in [6, 6.07) is 7.58. The Morgan fingerprint density at radius 3 is 2.94 bits per heavy atom. The number of hydrogen-bond donors (Lipinski definition) is 3. The van der Waals surface area contributed by atoms with Gasteiger partial charge in [0.25, 0.3) is 0 Å². The lowest BCUT2D eigenvalue weighted by Crippen LogP contribution is -2.23. The van der Waals surface area contributed by atoms with Crippen molar-refractivity contribution in [1.29, 1.82) is 5.26 Å². The van der Waals surface area contributed by atoms with Gasteiger partial charge in [-0.05, 0) is 24.6 Å². The first-order valence-electron chi connectivity index (χ1n) is 5.03. The summed E-state index contributed by atoms with van der Waals surface area (Å²) < 4.78 is 0. The van der Waals surface area contributed by atoms with Crippen LogP contribution in [0.2, 0.25) is 0 Å². The fourth-order valence-corrected chi connectivity index (χ4v) is 1.51. The zero-order chi connectivity index (χ0) is 11.5. The van der Waals surface area contributed by atoms with Gasteiger partial charge in [0.1, 0.15) is 0 Å². The monoisotopic (exact) mass is 216 g/mol. The summed E-state index contributed by atoms with van der Waals surface area (Å²) in [4.78, 5) is 16.4. The van der Waals surface area contributed by atoms with Crippen molar-refractivity contribution >= 4 is 11.0 Å². The molecular formula is C11H12N4O. The van der Waals surface area contributed by atoms with E-state index in [-0.39, 0.29) is 11.7 Å². The van der Waals surface area contributed by atoms with Crippen molar-refractivity contribution in [1.82, 2.24) is 15.3 Å². The molecule has 0 fully saturated rings. The zero-order valence-corrected chi connectivity index (χ0v) is 8.87. The molecule has 16 heavy (non-hydrogen) atoms. The third-order valence-electron chi connectivity index (χ3n) is 2.39. The summed E-state index contributed by atoms with van der Waals surface area (Å²) in [5, 5.41) is 11.7. The third-order valence-corrected chi connectivity index (χ3v) is 2.39. The van der Waals surface area contributed by atoms with Crippen LogP contribution in [-0.4, -0.2) is 16.0 Å². The van der Waals surface area contributed by atoms with Gasteiger partial charge < -0.3 is 9.97 Å². The molecule has 0 aliphatic rings. The van der Waals surface area contributed by atoms with Crippen LogP contribution in [0, 0.1) is 11.3 Å². The van der Waals surface area contributed by atoms with Crippen LogP contribution in [0.5, 0.6) is 0 Å². The Morgan fingerprint density at radius 1 is 1.44 bits per heavy atom. The highest BCUT2D eigenvalue weighted by atomic mass is 16.1. The van der Waals surface area contributed by atoms with E-state index < -0.39 is 0 Å². The van der Waals surface area contributed by atoms with E-state index in [4.69, 9.17) is 5.26 Å². The first-order chi connectivity index (χ1) is 7.69. The SMILES string of the molecule is CC(C#N)NCc1ccc2[nH]c(=O)[nH]c2c1. The summed E-state index contributed by atoms with van der Waals surface area (Å²) in [6.45, 7) is 2.41. The second-order valence-electron chi connectivity index (χ2n) is 3.69. The normalized spacial score (nSPS) is 12.5.